The van der Waals surface area contributed by atoms with E-state index in [-0.39, 0.29) is 5.91 Å². The number of nitrogens with zero attached hydrogens (tertiary/aromatic N) is 3. The van der Waals surface area contributed by atoms with Crippen molar-refractivity contribution >= 4 is 30.3 Å². The Kier molecular flexibility index (Phi) is 3.86. The molecule has 2 aliphatic heterocycles. The van der Waals surface area contributed by atoms with Crippen LogP contribution in [0.5, 0.6) is 0 Å². The van der Waals surface area contributed by atoms with Gasteiger partial charge in [0.25, 0.3) is 0 Å². The summed E-state index contributed by atoms with van der Waals surface area (Å²) in [5.74, 6) is 2.16. The molecule has 0 spiro atoms. The zero-order valence-electron chi connectivity index (χ0n) is 9.93. The molecular weight excluding hydrogens is 242 g/mol. The lowest BCUT2D eigenvalue weighted by Gasteiger charge is -2.44. The van der Waals surface area contributed by atoms with Gasteiger partial charge in [0.15, 0.2) is 0 Å². The van der Waals surface area contributed by atoms with Crippen molar-refractivity contribution in [3.8, 4) is 0 Å². The quantitative estimate of drug-likeness (QED) is 0.588. The molecule has 0 aromatic carbocycles. The summed E-state index contributed by atoms with van der Waals surface area (Å²) in [7, 11) is 0. The lowest BCUT2D eigenvalue weighted by molar-refractivity contribution is -0.968. The maximum Gasteiger partial charge on any atom is 0.331 e. The minimum Gasteiger partial charge on any atom is -0.229 e. The SMILES string of the molecule is CC(=O)[N+]1(CCS)CCN2CCS[C@H](C)N21. The first kappa shape index (κ1) is 12.7. The second-order valence-corrected chi connectivity index (χ2v) is 6.23. The van der Waals surface area contributed by atoms with Crippen molar-refractivity contribution < 1.29 is 9.39 Å². The second-order valence-electron chi connectivity index (χ2n) is 4.36. The average molecular weight is 262 g/mol. The van der Waals surface area contributed by atoms with E-state index in [1.165, 1.54) is 0 Å². The molecule has 0 saturated carbocycles. The van der Waals surface area contributed by atoms with Crippen LogP contribution in [-0.4, -0.2) is 63.7 Å². The number of thiol groups is 1. The fourth-order valence-corrected chi connectivity index (χ4v) is 4.15. The average Bonchev–Trinajstić information content (AvgIpc) is 2.61. The number of quaternary nitrogens is 1. The van der Waals surface area contributed by atoms with Crippen molar-refractivity contribution in [2.75, 3.05) is 37.7 Å². The van der Waals surface area contributed by atoms with Gasteiger partial charge in [-0.1, -0.05) is 5.12 Å². The van der Waals surface area contributed by atoms with Gasteiger partial charge in [0.1, 0.15) is 18.5 Å². The van der Waals surface area contributed by atoms with Crippen molar-refractivity contribution in [2.45, 2.75) is 19.2 Å². The van der Waals surface area contributed by atoms with Gasteiger partial charge in [-0.25, -0.2) is 4.79 Å². The zero-order chi connectivity index (χ0) is 11.8. The molecule has 2 saturated heterocycles. The van der Waals surface area contributed by atoms with Gasteiger partial charge < -0.3 is 0 Å². The number of hydrazine groups is 1. The van der Waals surface area contributed by atoms with E-state index in [1.54, 1.807) is 6.92 Å². The van der Waals surface area contributed by atoms with Crippen LogP contribution < -0.4 is 0 Å². The van der Waals surface area contributed by atoms with Crippen molar-refractivity contribution in [3.63, 3.8) is 0 Å². The van der Waals surface area contributed by atoms with Gasteiger partial charge in [0, 0.05) is 18.1 Å². The number of fused-ring (bicyclic) bond motifs is 1. The molecule has 0 radical (unpaired) electrons. The Bertz CT molecular complexity index is 289. The van der Waals surface area contributed by atoms with Crippen LogP contribution in [0.4, 0.5) is 0 Å². The first-order valence-corrected chi connectivity index (χ1v) is 7.45. The summed E-state index contributed by atoms with van der Waals surface area (Å²) < 4.78 is 0.470. The molecule has 2 heterocycles. The highest BCUT2D eigenvalue weighted by Gasteiger charge is 2.52. The number of carbonyl (C=O) groups excluding carboxylic acids is 1. The monoisotopic (exact) mass is 262 g/mol. The van der Waals surface area contributed by atoms with Crippen LogP contribution >= 0.6 is 24.4 Å². The summed E-state index contributed by atoms with van der Waals surface area (Å²) in [6.45, 7) is 7.67. The molecular formula is C10H20N3OS2+. The van der Waals surface area contributed by atoms with Crippen LogP contribution in [0, 0.1) is 0 Å². The highest BCUT2D eigenvalue weighted by molar-refractivity contribution is 7.99. The Morgan fingerprint density at radius 3 is 2.94 bits per heavy atom. The third-order valence-corrected chi connectivity index (χ3v) is 4.79. The number of carbonyl (C=O) groups is 1. The van der Waals surface area contributed by atoms with E-state index in [9.17, 15) is 4.79 Å². The number of hydrogen-bond donors (Lipinski definition) is 1. The van der Waals surface area contributed by atoms with Gasteiger partial charge in [-0.3, -0.25) is 0 Å². The normalized spacial score (nSPS) is 36.3. The number of hydrogen-bond acceptors (Lipinski definition) is 5. The Hall–Kier alpha value is 0.250. The maximum atomic E-state index is 12.0. The van der Waals surface area contributed by atoms with Gasteiger partial charge in [-0.2, -0.15) is 22.2 Å². The first-order chi connectivity index (χ1) is 7.62. The van der Waals surface area contributed by atoms with Gasteiger partial charge >= 0.3 is 5.91 Å². The summed E-state index contributed by atoms with van der Waals surface area (Å²) in [4.78, 5) is 12.0. The summed E-state index contributed by atoms with van der Waals surface area (Å²) in [5, 5.41) is 5.00. The van der Waals surface area contributed by atoms with Gasteiger partial charge in [-0.05, 0) is 6.92 Å². The molecule has 2 fully saturated rings. The molecule has 2 rings (SSSR count). The maximum absolute atomic E-state index is 12.0. The standard InChI is InChI=1S/C10H19N3OS2/c1-9-12-11(4-8-16-9)3-5-13(12,6-7-15)10(2)14/h9H,3-8H2,1-2H3/p+1/t9-,13?/m1/s1. The first-order valence-electron chi connectivity index (χ1n) is 5.77. The Morgan fingerprint density at radius 2 is 2.31 bits per heavy atom. The Balaban J connectivity index is 2.28. The summed E-state index contributed by atoms with van der Waals surface area (Å²) in [6.07, 6.45) is 0. The van der Waals surface area contributed by atoms with Gasteiger partial charge in [-0.15, -0.1) is 11.8 Å². The van der Waals surface area contributed by atoms with E-state index in [4.69, 9.17) is 0 Å². The minimum atomic E-state index is 0.242. The third-order valence-electron chi connectivity index (χ3n) is 3.50. The van der Waals surface area contributed by atoms with E-state index in [0.717, 1.165) is 37.7 Å². The molecule has 1 amide bonds. The molecule has 92 valence electrons. The molecule has 6 heteroatoms. The topological polar surface area (TPSA) is 23.6 Å². The summed E-state index contributed by atoms with van der Waals surface area (Å²) in [5.41, 5.74) is 0. The van der Waals surface area contributed by atoms with E-state index >= 15 is 0 Å². The molecule has 0 aromatic rings. The fourth-order valence-electron chi connectivity index (χ4n) is 2.72. The number of thioether (sulfide) groups is 1. The second kappa shape index (κ2) is 4.86. The van der Waals surface area contributed by atoms with Crippen molar-refractivity contribution in [3.05, 3.63) is 0 Å². The zero-order valence-corrected chi connectivity index (χ0v) is 11.6. The Labute approximate surface area is 107 Å². The fraction of sp³-hybridized carbons (Fsp3) is 0.900. The smallest absolute Gasteiger partial charge is 0.229 e. The van der Waals surface area contributed by atoms with Crippen LogP contribution in [0.2, 0.25) is 0 Å². The summed E-state index contributed by atoms with van der Waals surface area (Å²) >= 11 is 6.24. The number of amides is 1. The molecule has 4 nitrogen and oxygen atoms in total. The van der Waals surface area contributed by atoms with E-state index in [1.807, 2.05) is 11.8 Å². The van der Waals surface area contributed by atoms with Gasteiger partial charge in [0.2, 0.25) is 0 Å². The van der Waals surface area contributed by atoms with Crippen molar-refractivity contribution in [1.29, 1.82) is 0 Å². The molecule has 2 aliphatic rings. The molecule has 1 unspecified atom stereocenters. The molecule has 0 bridgehead atoms. The minimum absolute atomic E-state index is 0.242. The summed E-state index contributed by atoms with van der Waals surface area (Å²) in [6, 6.07) is 0. The van der Waals surface area contributed by atoms with E-state index in [2.05, 4.69) is 29.7 Å². The highest BCUT2D eigenvalue weighted by Crippen LogP contribution is 2.34. The lowest BCUT2D eigenvalue weighted by atomic mass is 10.4. The molecule has 2 atom stereocenters. The van der Waals surface area contributed by atoms with E-state index < -0.39 is 0 Å². The van der Waals surface area contributed by atoms with Crippen LogP contribution in [0.15, 0.2) is 0 Å². The highest BCUT2D eigenvalue weighted by atomic mass is 32.2. The predicted octanol–water partition coefficient (Wildman–Crippen LogP) is 0.820. The lowest BCUT2D eigenvalue weighted by Crippen LogP contribution is -2.66. The van der Waals surface area contributed by atoms with Crippen LogP contribution in [0.1, 0.15) is 13.8 Å². The molecule has 0 N–H and O–H groups in total. The Morgan fingerprint density at radius 1 is 1.56 bits per heavy atom. The third kappa shape index (κ3) is 1.90. The van der Waals surface area contributed by atoms with Crippen molar-refractivity contribution in [2.24, 2.45) is 0 Å². The van der Waals surface area contributed by atoms with Crippen LogP contribution in [-0.2, 0) is 4.79 Å². The van der Waals surface area contributed by atoms with E-state index in [0.29, 0.717) is 9.97 Å². The van der Waals surface area contributed by atoms with Gasteiger partial charge in [0.05, 0.1) is 13.5 Å². The predicted molar refractivity (Wildman–Crippen MR) is 69.9 cm³/mol. The van der Waals surface area contributed by atoms with Crippen LogP contribution in [0.25, 0.3) is 0 Å². The molecule has 0 aromatic heterocycles. The molecule has 0 aliphatic carbocycles. The largest absolute Gasteiger partial charge is 0.331 e. The number of rotatable bonds is 2. The van der Waals surface area contributed by atoms with Crippen LogP contribution in [0.3, 0.4) is 0 Å². The molecule has 16 heavy (non-hydrogen) atoms. The van der Waals surface area contributed by atoms with Crippen molar-refractivity contribution in [1.82, 2.24) is 10.1 Å².